The van der Waals surface area contributed by atoms with Crippen LogP contribution >= 0.6 is 0 Å². The molecular weight excluding hydrogens is 382 g/mol. The van der Waals surface area contributed by atoms with Crippen molar-refractivity contribution in [2.75, 3.05) is 11.9 Å². The zero-order valence-electron chi connectivity index (χ0n) is 16.0. The average Bonchev–Trinajstić information content (AvgIpc) is 3.33. The quantitative estimate of drug-likeness (QED) is 0.487. The van der Waals surface area contributed by atoms with Gasteiger partial charge in [0.15, 0.2) is 6.61 Å². The molecule has 0 aliphatic rings. The molecular formula is C22H19N5O3. The number of benzene rings is 3. The summed E-state index contributed by atoms with van der Waals surface area (Å²) in [6, 6.07) is 24.3. The zero-order chi connectivity index (χ0) is 20.6. The third kappa shape index (κ3) is 5.20. The van der Waals surface area contributed by atoms with Gasteiger partial charge in [-0.15, -0.1) is 5.10 Å². The van der Waals surface area contributed by atoms with Crippen LogP contribution in [0.4, 0.5) is 5.69 Å². The number of nitrogens with zero attached hydrogens (tertiary/aromatic N) is 4. The maximum absolute atomic E-state index is 12.1. The third-order valence-electron chi connectivity index (χ3n) is 4.21. The highest BCUT2D eigenvalue weighted by Gasteiger charge is 2.05. The van der Waals surface area contributed by atoms with E-state index in [2.05, 4.69) is 20.8 Å². The highest BCUT2D eigenvalue weighted by molar-refractivity contribution is 5.91. The molecule has 0 aliphatic carbocycles. The van der Waals surface area contributed by atoms with Gasteiger partial charge in [-0.1, -0.05) is 30.3 Å². The first-order valence-corrected chi connectivity index (χ1v) is 9.29. The maximum Gasteiger partial charge on any atom is 0.262 e. The Labute approximate surface area is 173 Å². The molecule has 1 aromatic heterocycles. The van der Waals surface area contributed by atoms with Crippen molar-refractivity contribution in [3.63, 3.8) is 0 Å². The van der Waals surface area contributed by atoms with Gasteiger partial charge in [-0.2, -0.15) is 0 Å². The number of ether oxygens (including phenoxy) is 2. The van der Waals surface area contributed by atoms with E-state index >= 15 is 0 Å². The van der Waals surface area contributed by atoms with Gasteiger partial charge in [0, 0.05) is 5.69 Å². The number of carbonyl (C=O) groups is 1. The van der Waals surface area contributed by atoms with Crippen molar-refractivity contribution in [1.29, 1.82) is 0 Å². The van der Waals surface area contributed by atoms with Gasteiger partial charge in [0.05, 0.1) is 5.69 Å². The second-order valence-electron chi connectivity index (χ2n) is 6.38. The molecule has 150 valence electrons. The summed E-state index contributed by atoms with van der Waals surface area (Å²) in [6.07, 6.45) is 1.50. The normalized spacial score (nSPS) is 10.4. The van der Waals surface area contributed by atoms with E-state index in [1.165, 1.54) is 11.0 Å². The van der Waals surface area contributed by atoms with Crippen molar-refractivity contribution in [1.82, 2.24) is 20.2 Å². The average molecular weight is 401 g/mol. The van der Waals surface area contributed by atoms with Gasteiger partial charge < -0.3 is 14.8 Å². The second kappa shape index (κ2) is 9.33. The van der Waals surface area contributed by atoms with Crippen LogP contribution in [0.1, 0.15) is 5.56 Å². The van der Waals surface area contributed by atoms with Crippen LogP contribution < -0.4 is 14.8 Å². The van der Waals surface area contributed by atoms with E-state index in [0.717, 1.165) is 17.0 Å². The summed E-state index contributed by atoms with van der Waals surface area (Å²) in [4.78, 5) is 12.1. The number of amides is 1. The first kappa shape index (κ1) is 19.1. The Morgan fingerprint density at radius 1 is 0.867 bits per heavy atom. The van der Waals surface area contributed by atoms with E-state index in [-0.39, 0.29) is 12.5 Å². The molecule has 1 N–H and O–H groups in total. The van der Waals surface area contributed by atoms with E-state index in [4.69, 9.17) is 9.47 Å². The first-order chi connectivity index (χ1) is 14.8. The Hall–Kier alpha value is -4.20. The number of rotatable bonds is 8. The van der Waals surface area contributed by atoms with Crippen LogP contribution in [0.2, 0.25) is 0 Å². The molecule has 0 radical (unpaired) electrons. The molecule has 0 atom stereocenters. The minimum atomic E-state index is -0.252. The van der Waals surface area contributed by atoms with Crippen molar-refractivity contribution in [3.05, 3.63) is 90.8 Å². The largest absolute Gasteiger partial charge is 0.489 e. The van der Waals surface area contributed by atoms with Crippen LogP contribution in [0.3, 0.4) is 0 Å². The molecule has 4 rings (SSSR count). The Balaban J connectivity index is 1.24. The summed E-state index contributed by atoms with van der Waals surface area (Å²) in [6.45, 7) is 0.392. The van der Waals surface area contributed by atoms with Crippen LogP contribution in [0.15, 0.2) is 85.2 Å². The summed E-state index contributed by atoms with van der Waals surface area (Å²) in [5, 5.41) is 13.8. The highest BCUT2D eigenvalue weighted by Crippen LogP contribution is 2.18. The molecule has 3 aromatic carbocycles. The summed E-state index contributed by atoms with van der Waals surface area (Å²) < 4.78 is 12.8. The Kier molecular flexibility index (Phi) is 5.95. The van der Waals surface area contributed by atoms with Crippen molar-refractivity contribution in [2.24, 2.45) is 0 Å². The van der Waals surface area contributed by atoms with Gasteiger partial charge >= 0.3 is 0 Å². The number of tetrazole rings is 1. The van der Waals surface area contributed by atoms with Crippen LogP contribution in [0.5, 0.6) is 11.5 Å². The molecule has 1 heterocycles. The minimum absolute atomic E-state index is 0.101. The molecule has 0 bridgehead atoms. The van der Waals surface area contributed by atoms with Crippen LogP contribution in [0.25, 0.3) is 5.69 Å². The van der Waals surface area contributed by atoms with Gasteiger partial charge in [0.2, 0.25) is 0 Å². The molecule has 1 amide bonds. The monoisotopic (exact) mass is 401 g/mol. The number of carbonyl (C=O) groups excluding carboxylic acids is 1. The van der Waals surface area contributed by atoms with E-state index in [1.807, 2.05) is 42.5 Å². The van der Waals surface area contributed by atoms with Crippen molar-refractivity contribution < 1.29 is 14.3 Å². The number of hydrogen-bond acceptors (Lipinski definition) is 6. The van der Waals surface area contributed by atoms with E-state index < -0.39 is 0 Å². The number of nitrogens with one attached hydrogen (secondary N) is 1. The van der Waals surface area contributed by atoms with Crippen molar-refractivity contribution in [3.8, 4) is 17.2 Å². The predicted octanol–water partition coefficient (Wildman–Crippen LogP) is 3.26. The fraction of sp³-hybridized carbons (Fsp3) is 0.0909. The molecule has 0 saturated heterocycles. The second-order valence-corrected chi connectivity index (χ2v) is 6.38. The smallest absolute Gasteiger partial charge is 0.262 e. The molecule has 0 aliphatic heterocycles. The molecule has 8 nitrogen and oxygen atoms in total. The van der Waals surface area contributed by atoms with Gasteiger partial charge in [-0.25, -0.2) is 4.68 Å². The highest BCUT2D eigenvalue weighted by atomic mass is 16.5. The van der Waals surface area contributed by atoms with Gasteiger partial charge in [0.1, 0.15) is 24.4 Å². The summed E-state index contributed by atoms with van der Waals surface area (Å²) in [5.74, 6) is 1.06. The van der Waals surface area contributed by atoms with Crippen LogP contribution in [-0.2, 0) is 11.4 Å². The Morgan fingerprint density at radius 3 is 2.27 bits per heavy atom. The Bertz CT molecular complexity index is 1070. The maximum atomic E-state index is 12.1. The molecule has 4 aromatic rings. The van der Waals surface area contributed by atoms with Crippen LogP contribution in [0, 0.1) is 0 Å². The number of hydrogen-bond donors (Lipinski definition) is 1. The van der Waals surface area contributed by atoms with E-state index in [0.29, 0.717) is 18.0 Å². The van der Waals surface area contributed by atoms with E-state index in [1.54, 1.807) is 36.4 Å². The van der Waals surface area contributed by atoms with Crippen LogP contribution in [-0.4, -0.2) is 32.7 Å². The minimum Gasteiger partial charge on any atom is -0.489 e. The fourth-order valence-corrected chi connectivity index (χ4v) is 2.70. The molecule has 0 spiro atoms. The number of anilines is 1. The topological polar surface area (TPSA) is 91.2 Å². The summed E-state index contributed by atoms with van der Waals surface area (Å²) in [5.41, 5.74) is 2.56. The van der Waals surface area contributed by atoms with Crippen molar-refractivity contribution >= 4 is 11.6 Å². The zero-order valence-corrected chi connectivity index (χ0v) is 16.0. The SMILES string of the molecule is O=C(COc1ccc(-n2cnnn2)cc1)Nc1ccc(OCc2ccccc2)cc1. The standard InChI is InChI=1S/C22H19N5O3/c28-22(15-30-21-12-8-19(9-13-21)27-16-23-25-26-27)24-18-6-10-20(11-7-18)29-14-17-4-2-1-3-5-17/h1-13,16H,14-15H2,(H,24,28). The summed E-state index contributed by atoms with van der Waals surface area (Å²) >= 11 is 0. The third-order valence-corrected chi connectivity index (χ3v) is 4.21. The van der Waals surface area contributed by atoms with Gasteiger partial charge in [-0.3, -0.25) is 4.79 Å². The molecule has 0 saturated carbocycles. The first-order valence-electron chi connectivity index (χ1n) is 9.29. The van der Waals surface area contributed by atoms with Crippen molar-refractivity contribution in [2.45, 2.75) is 6.61 Å². The van der Waals surface area contributed by atoms with E-state index in [9.17, 15) is 4.79 Å². The number of aromatic nitrogens is 4. The molecule has 8 heteroatoms. The lowest BCUT2D eigenvalue weighted by Crippen LogP contribution is -2.20. The lowest BCUT2D eigenvalue weighted by molar-refractivity contribution is -0.118. The molecule has 0 fully saturated rings. The van der Waals surface area contributed by atoms with Gasteiger partial charge in [0.25, 0.3) is 5.91 Å². The lowest BCUT2D eigenvalue weighted by atomic mass is 10.2. The fourth-order valence-electron chi connectivity index (χ4n) is 2.70. The van der Waals surface area contributed by atoms with Gasteiger partial charge in [-0.05, 0) is 64.5 Å². The summed E-state index contributed by atoms with van der Waals surface area (Å²) in [7, 11) is 0. The molecule has 0 unspecified atom stereocenters. The lowest BCUT2D eigenvalue weighted by Gasteiger charge is -2.10. The molecule has 30 heavy (non-hydrogen) atoms. The predicted molar refractivity (Wildman–Crippen MR) is 110 cm³/mol. The Morgan fingerprint density at radius 2 is 1.57 bits per heavy atom.